The quantitative estimate of drug-likeness (QED) is 0.930. The minimum Gasteiger partial charge on any atom is -0.314 e. The highest BCUT2D eigenvalue weighted by Crippen LogP contribution is 2.25. The van der Waals surface area contributed by atoms with Crippen molar-refractivity contribution in [3.8, 4) is 0 Å². The third-order valence-corrected chi connectivity index (χ3v) is 4.68. The van der Waals surface area contributed by atoms with E-state index in [9.17, 15) is 0 Å². The molecule has 1 saturated heterocycles. The molecule has 1 aromatic rings. The van der Waals surface area contributed by atoms with Gasteiger partial charge in [0.15, 0.2) is 0 Å². The van der Waals surface area contributed by atoms with E-state index < -0.39 is 0 Å². The molecule has 0 bridgehead atoms. The first-order valence-electron chi connectivity index (χ1n) is 6.57. The van der Waals surface area contributed by atoms with Crippen LogP contribution < -0.4 is 5.32 Å². The Bertz CT molecular complexity index is 386. The second kappa shape index (κ2) is 5.53. The maximum absolute atomic E-state index is 4.56. The van der Waals surface area contributed by atoms with Crippen molar-refractivity contribution in [2.24, 2.45) is 5.92 Å². The van der Waals surface area contributed by atoms with Crippen LogP contribution in [0.3, 0.4) is 0 Å². The first-order chi connectivity index (χ1) is 8.11. The Hall–Kier alpha value is -0.350. The van der Waals surface area contributed by atoms with E-state index in [1.54, 1.807) is 0 Å². The van der Waals surface area contributed by atoms with Gasteiger partial charge in [0.05, 0.1) is 15.9 Å². The smallest absolute Gasteiger partial charge is 0.0738 e. The second-order valence-electron chi connectivity index (χ2n) is 5.15. The van der Waals surface area contributed by atoms with E-state index in [2.05, 4.69) is 51.8 Å². The fourth-order valence-corrected chi connectivity index (χ4v) is 3.12. The van der Waals surface area contributed by atoms with Gasteiger partial charge in [-0.1, -0.05) is 6.92 Å². The van der Waals surface area contributed by atoms with Crippen LogP contribution in [0.4, 0.5) is 0 Å². The van der Waals surface area contributed by atoms with Crippen molar-refractivity contribution in [3.05, 3.63) is 15.9 Å². The Kier molecular flexibility index (Phi) is 4.26. The van der Waals surface area contributed by atoms with Crippen LogP contribution >= 0.6 is 15.9 Å². The molecule has 0 radical (unpaired) electrons. The van der Waals surface area contributed by atoms with Gasteiger partial charge in [0.25, 0.3) is 0 Å². The Morgan fingerprint density at radius 1 is 1.53 bits per heavy atom. The molecule has 1 aromatic heterocycles. The Labute approximate surface area is 112 Å². The van der Waals surface area contributed by atoms with E-state index in [0.717, 1.165) is 31.1 Å². The van der Waals surface area contributed by atoms with Gasteiger partial charge in [-0.3, -0.25) is 4.68 Å². The highest BCUT2D eigenvalue weighted by Gasteiger charge is 2.22. The molecule has 1 aliphatic heterocycles. The van der Waals surface area contributed by atoms with Crippen molar-refractivity contribution < 1.29 is 0 Å². The molecule has 2 atom stereocenters. The second-order valence-corrected chi connectivity index (χ2v) is 5.94. The van der Waals surface area contributed by atoms with Crippen LogP contribution in [0, 0.1) is 12.8 Å². The van der Waals surface area contributed by atoms with Gasteiger partial charge in [-0.2, -0.15) is 5.10 Å². The maximum atomic E-state index is 4.56. The molecule has 1 aliphatic rings. The molecule has 96 valence electrons. The third-order valence-electron chi connectivity index (χ3n) is 3.65. The number of rotatable bonds is 3. The van der Waals surface area contributed by atoms with Crippen LogP contribution in [0.25, 0.3) is 0 Å². The van der Waals surface area contributed by atoms with Gasteiger partial charge in [0.2, 0.25) is 0 Å². The Morgan fingerprint density at radius 2 is 2.29 bits per heavy atom. The standard InChI is InChI=1S/C13H22BrN3/c1-4-17-12(13(14)10(3)16-17)8-11-7-9(2)5-6-15-11/h9,11,15H,4-8H2,1-3H3. The number of nitrogens with one attached hydrogen (secondary N) is 1. The molecule has 2 heterocycles. The van der Waals surface area contributed by atoms with Gasteiger partial charge in [-0.05, 0) is 55.1 Å². The SMILES string of the molecule is CCn1nc(C)c(Br)c1CC1CC(C)CCN1. The Balaban J connectivity index is 2.12. The van der Waals surface area contributed by atoms with Crippen molar-refractivity contribution >= 4 is 15.9 Å². The normalized spacial score (nSPS) is 25.2. The number of piperidine rings is 1. The molecule has 1 fully saturated rings. The first kappa shape index (κ1) is 13.1. The van der Waals surface area contributed by atoms with Crippen LogP contribution in [-0.4, -0.2) is 22.4 Å². The van der Waals surface area contributed by atoms with E-state index >= 15 is 0 Å². The molecule has 0 spiro atoms. The average Bonchev–Trinajstić information content (AvgIpc) is 2.57. The fraction of sp³-hybridized carbons (Fsp3) is 0.769. The van der Waals surface area contributed by atoms with Gasteiger partial charge >= 0.3 is 0 Å². The highest BCUT2D eigenvalue weighted by atomic mass is 79.9. The minimum atomic E-state index is 0.608. The van der Waals surface area contributed by atoms with Gasteiger partial charge in [0.1, 0.15) is 0 Å². The average molecular weight is 300 g/mol. The molecule has 2 rings (SSSR count). The van der Waals surface area contributed by atoms with Crippen LogP contribution in [0.1, 0.15) is 38.1 Å². The number of aromatic nitrogens is 2. The van der Waals surface area contributed by atoms with Crippen molar-refractivity contribution in [1.82, 2.24) is 15.1 Å². The summed E-state index contributed by atoms with van der Waals surface area (Å²) >= 11 is 3.67. The van der Waals surface area contributed by atoms with Gasteiger partial charge in [-0.15, -0.1) is 0 Å². The van der Waals surface area contributed by atoms with E-state index in [1.807, 2.05) is 0 Å². The fourth-order valence-electron chi connectivity index (χ4n) is 2.67. The van der Waals surface area contributed by atoms with E-state index in [1.165, 1.54) is 23.0 Å². The number of nitrogens with zero attached hydrogens (tertiary/aromatic N) is 2. The van der Waals surface area contributed by atoms with Crippen molar-refractivity contribution in [1.29, 1.82) is 0 Å². The number of hydrogen-bond acceptors (Lipinski definition) is 2. The zero-order valence-electron chi connectivity index (χ0n) is 11.0. The van der Waals surface area contributed by atoms with Gasteiger partial charge in [-0.25, -0.2) is 0 Å². The summed E-state index contributed by atoms with van der Waals surface area (Å²) in [6.07, 6.45) is 3.67. The molecular weight excluding hydrogens is 278 g/mol. The van der Waals surface area contributed by atoms with E-state index in [0.29, 0.717) is 6.04 Å². The molecule has 3 nitrogen and oxygen atoms in total. The number of aryl methyl sites for hydroxylation is 2. The summed E-state index contributed by atoms with van der Waals surface area (Å²) in [6, 6.07) is 0.608. The summed E-state index contributed by atoms with van der Waals surface area (Å²) < 4.78 is 3.32. The largest absolute Gasteiger partial charge is 0.314 e. The summed E-state index contributed by atoms with van der Waals surface area (Å²) in [5.74, 6) is 0.846. The van der Waals surface area contributed by atoms with E-state index in [-0.39, 0.29) is 0 Å². The summed E-state index contributed by atoms with van der Waals surface area (Å²) in [5, 5.41) is 8.18. The topological polar surface area (TPSA) is 29.9 Å². The van der Waals surface area contributed by atoms with Crippen LogP contribution in [-0.2, 0) is 13.0 Å². The molecule has 1 N–H and O–H groups in total. The van der Waals surface area contributed by atoms with Crippen molar-refractivity contribution in [2.45, 2.75) is 52.6 Å². The predicted molar refractivity (Wildman–Crippen MR) is 74.2 cm³/mol. The number of halogens is 1. The monoisotopic (exact) mass is 299 g/mol. The first-order valence-corrected chi connectivity index (χ1v) is 7.36. The summed E-state index contributed by atoms with van der Waals surface area (Å²) in [5.41, 5.74) is 2.45. The lowest BCUT2D eigenvalue weighted by Gasteiger charge is -2.28. The molecule has 0 amide bonds. The van der Waals surface area contributed by atoms with Crippen molar-refractivity contribution in [2.75, 3.05) is 6.54 Å². The highest BCUT2D eigenvalue weighted by molar-refractivity contribution is 9.10. The molecule has 0 aliphatic carbocycles. The molecular formula is C13H22BrN3. The maximum Gasteiger partial charge on any atom is 0.0738 e. The third kappa shape index (κ3) is 2.91. The lowest BCUT2D eigenvalue weighted by Crippen LogP contribution is -2.39. The summed E-state index contributed by atoms with van der Waals surface area (Å²) in [6.45, 7) is 8.67. The van der Waals surface area contributed by atoms with E-state index in [4.69, 9.17) is 0 Å². The molecule has 0 aromatic carbocycles. The lowest BCUT2D eigenvalue weighted by molar-refractivity contribution is 0.314. The van der Waals surface area contributed by atoms with Crippen LogP contribution in [0.2, 0.25) is 0 Å². The zero-order chi connectivity index (χ0) is 12.4. The van der Waals surface area contributed by atoms with Gasteiger partial charge < -0.3 is 5.32 Å². The molecule has 0 saturated carbocycles. The number of hydrogen-bond donors (Lipinski definition) is 1. The zero-order valence-corrected chi connectivity index (χ0v) is 12.5. The molecule has 2 unspecified atom stereocenters. The Morgan fingerprint density at radius 3 is 2.94 bits per heavy atom. The van der Waals surface area contributed by atoms with Crippen molar-refractivity contribution in [3.63, 3.8) is 0 Å². The minimum absolute atomic E-state index is 0.608. The molecule has 17 heavy (non-hydrogen) atoms. The summed E-state index contributed by atoms with van der Waals surface area (Å²) in [7, 11) is 0. The summed E-state index contributed by atoms with van der Waals surface area (Å²) in [4.78, 5) is 0. The van der Waals surface area contributed by atoms with Gasteiger partial charge in [0, 0.05) is 19.0 Å². The molecule has 4 heteroatoms. The van der Waals surface area contributed by atoms with Crippen LogP contribution in [0.5, 0.6) is 0 Å². The lowest BCUT2D eigenvalue weighted by atomic mass is 9.92. The predicted octanol–water partition coefficient (Wildman–Crippen LogP) is 2.90. The van der Waals surface area contributed by atoms with Crippen LogP contribution in [0.15, 0.2) is 4.47 Å².